The molecule has 18 heavy (non-hydrogen) atoms. The number of aryl methyl sites for hydroxylation is 1. The van der Waals surface area contributed by atoms with Gasteiger partial charge < -0.3 is 0 Å². The summed E-state index contributed by atoms with van der Waals surface area (Å²) in [6, 6.07) is 8.59. The Bertz CT molecular complexity index is 565. The largest absolute Gasteiger partial charge is 0.272 e. The van der Waals surface area contributed by atoms with Gasteiger partial charge in [-0.05, 0) is 42.3 Å². The molecular formula is C14H19N3S. The van der Waals surface area contributed by atoms with Crippen LogP contribution in [0.2, 0.25) is 0 Å². The zero-order chi connectivity index (χ0) is 13.1. The van der Waals surface area contributed by atoms with Crippen LogP contribution in [0.25, 0.3) is 5.69 Å². The van der Waals surface area contributed by atoms with Gasteiger partial charge in [-0.25, -0.2) is 0 Å². The van der Waals surface area contributed by atoms with Crippen molar-refractivity contribution < 1.29 is 0 Å². The SMILES string of the molecule is CCc1n[nH]c(=S)n1-c1ccc([C@@H](C)CC)cc1. The van der Waals surface area contributed by atoms with Crippen LogP contribution in [0, 0.1) is 4.77 Å². The highest BCUT2D eigenvalue weighted by atomic mass is 32.1. The van der Waals surface area contributed by atoms with Gasteiger partial charge in [-0.1, -0.05) is 32.9 Å². The third kappa shape index (κ3) is 2.38. The molecular weight excluding hydrogens is 242 g/mol. The van der Waals surface area contributed by atoms with Gasteiger partial charge in [0.05, 0.1) is 0 Å². The Hall–Kier alpha value is -1.42. The third-order valence-electron chi connectivity index (χ3n) is 3.39. The van der Waals surface area contributed by atoms with Gasteiger partial charge >= 0.3 is 0 Å². The smallest absolute Gasteiger partial charge is 0.199 e. The summed E-state index contributed by atoms with van der Waals surface area (Å²) >= 11 is 5.27. The first-order chi connectivity index (χ1) is 8.67. The number of rotatable bonds is 4. The number of aromatic amines is 1. The highest BCUT2D eigenvalue weighted by molar-refractivity contribution is 7.71. The number of hydrogen-bond acceptors (Lipinski definition) is 2. The van der Waals surface area contributed by atoms with Crippen LogP contribution in [0.3, 0.4) is 0 Å². The zero-order valence-corrected chi connectivity index (χ0v) is 11.9. The van der Waals surface area contributed by atoms with Gasteiger partial charge in [0.1, 0.15) is 5.82 Å². The van der Waals surface area contributed by atoms with E-state index in [1.165, 1.54) is 5.56 Å². The minimum Gasteiger partial charge on any atom is -0.272 e. The number of hydrogen-bond donors (Lipinski definition) is 1. The summed E-state index contributed by atoms with van der Waals surface area (Å²) in [4.78, 5) is 0. The molecule has 0 aliphatic heterocycles. The second-order valence-corrected chi connectivity index (χ2v) is 4.92. The lowest BCUT2D eigenvalue weighted by molar-refractivity contribution is 0.733. The van der Waals surface area contributed by atoms with Crippen molar-refractivity contribution in [2.75, 3.05) is 0 Å². The van der Waals surface area contributed by atoms with Crippen LogP contribution in [0.1, 0.15) is 44.5 Å². The van der Waals surface area contributed by atoms with Crippen LogP contribution in [0.5, 0.6) is 0 Å². The molecule has 0 radical (unpaired) electrons. The molecule has 0 bridgehead atoms. The fraction of sp³-hybridized carbons (Fsp3) is 0.429. The molecule has 2 rings (SSSR count). The van der Waals surface area contributed by atoms with Gasteiger partial charge in [0.25, 0.3) is 0 Å². The molecule has 0 saturated heterocycles. The summed E-state index contributed by atoms with van der Waals surface area (Å²) in [5.74, 6) is 1.57. The minimum atomic E-state index is 0.599. The summed E-state index contributed by atoms with van der Waals surface area (Å²) < 4.78 is 2.65. The Morgan fingerprint density at radius 2 is 1.94 bits per heavy atom. The number of H-pyrrole nitrogens is 1. The van der Waals surface area contributed by atoms with Crippen molar-refractivity contribution in [1.82, 2.24) is 14.8 Å². The molecule has 0 aliphatic rings. The molecule has 0 saturated carbocycles. The molecule has 4 heteroatoms. The summed E-state index contributed by atoms with van der Waals surface area (Å²) in [5, 5.41) is 7.08. The number of benzene rings is 1. The van der Waals surface area contributed by atoms with Crippen molar-refractivity contribution >= 4 is 12.2 Å². The van der Waals surface area contributed by atoms with Crippen LogP contribution in [0.15, 0.2) is 24.3 Å². The average Bonchev–Trinajstić information content (AvgIpc) is 2.79. The van der Waals surface area contributed by atoms with E-state index in [1.807, 2.05) is 4.57 Å². The molecule has 1 aromatic carbocycles. The fourth-order valence-electron chi connectivity index (χ4n) is 2.02. The summed E-state index contributed by atoms with van der Waals surface area (Å²) in [5.41, 5.74) is 2.45. The third-order valence-corrected chi connectivity index (χ3v) is 3.66. The molecule has 1 atom stereocenters. The van der Waals surface area contributed by atoms with Gasteiger partial charge in [-0.3, -0.25) is 9.67 Å². The standard InChI is InChI=1S/C14H19N3S/c1-4-10(3)11-6-8-12(9-7-11)17-13(5-2)15-16-14(17)18/h6-10H,4-5H2,1-3H3,(H,16,18)/t10-/m0/s1. The molecule has 1 aromatic heterocycles. The first-order valence-electron chi connectivity index (χ1n) is 6.44. The van der Waals surface area contributed by atoms with Crippen LogP contribution in [-0.4, -0.2) is 14.8 Å². The van der Waals surface area contributed by atoms with Gasteiger partial charge in [-0.2, -0.15) is 5.10 Å². The van der Waals surface area contributed by atoms with E-state index in [1.54, 1.807) is 0 Å². The number of aromatic nitrogens is 3. The first kappa shape index (κ1) is 13.0. The second-order valence-electron chi connectivity index (χ2n) is 4.53. The lowest BCUT2D eigenvalue weighted by Crippen LogP contribution is -2.01. The topological polar surface area (TPSA) is 33.6 Å². The lowest BCUT2D eigenvalue weighted by atomic mass is 9.98. The summed E-state index contributed by atoms with van der Waals surface area (Å²) in [7, 11) is 0. The Labute approximate surface area is 113 Å². The van der Waals surface area contributed by atoms with Crippen LogP contribution in [0.4, 0.5) is 0 Å². The Balaban J connectivity index is 2.40. The molecule has 0 spiro atoms. The molecule has 96 valence electrons. The lowest BCUT2D eigenvalue weighted by Gasteiger charge is -2.11. The highest BCUT2D eigenvalue weighted by Gasteiger charge is 2.07. The molecule has 1 heterocycles. The monoisotopic (exact) mass is 261 g/mol. The Morgan fingerprint density at radius 3 is 2.50 bits per heavy atom. The zero-order valence-electron chi connectivity index (χ0n) is 11.1. The maximum atomic E-state index is 5.27. The van der Waals surface area contributed by atoms with Gasteiger partial charge in [0, 0.05) is 12.1 Å². The molecule has 2 aromatic rings. The number of nitrogens with one attached hydrogen (secondary N) is 1. The molecule has 3 nitrogen and oxygen atoms in total. The maximum Gasteiger partial charge on any atom is 0.199 e. The molecule has 1 N–H and O–H groups in total. The quantitative estimate of drug-likeness (QED) is 0.844. The van der Waals surface area contributed by atoms with Crippen LogP contribution < -0.4 is 0 Å². The van der Waals surface area contributed by atoms with Crippen molar-refractivity contribution in [3.8, 4) is 5.69 Å². The predicted molar refractivity (Wildman–Crippen MR) is 76.8 cm³/mol. The van der Waals surface area contributed by atoms with Gasteiger partial charge in [0.15, 0.2) is 4.77 Å². The van der Waals surface area contributed by atoms with Crippen molar-refractivity contribution in [3.63, 3.8) is 0 Å². The fourth-order valence-corrected chi connectivity index (χ4v) is 2.28. The van der Waals surface area contributed by atoms with Crippen molar-refractivity contribution in [1.29, 1.82) is 0 Å². The van der Waals surface area contributed by atoms with E-state index in [-0.39, 0.29) is 0 Å². The van der Waals surface area contributed by atoms with E-state index in [0.29, 0.717) is 10.7 Å². The summed E-state index contributed by atoms with van der Waals surface area (Å²) in [6.07, 6.45) is 2.02. The average molecular weight is 261 g/mol. The van der Waals surface area contributed by atoms with Crippen molar-refractivity contribution in [2.45, 2.75) is 39.5 Å². The van der Waals surface area contributed by atoms with Gasteiger partial charge in [0.2, 0.25) is 0 Å². The van der Waals surface area contributed by atoms with Crippen LogP contribution >= 0.6 is 12.2 Å². The molecule has 0 aliphatic carbocycles. The van der Waals surface area contributed by atoms with E-state index < -0.39 is 0 Å². The minimum absolute atomic E-state index is 0.599. The number of nitrogens with zero attached hydrogens (tertiary/aromatic N) is 2. The molecule has 0 amide bonds. The van der Waals surface area contributed by atoms with E-state index in [9.17, 15) is 0 Å². The Kier molecular flexibility index (Phi) is 3.97. The first-order valence-corrected chi connectivity index (χ1v) is 6.84. The molecule has 0 fully saturated rings. The van der Waals surface area contributed by atoms with E-state index >= 15 is 0 Å². The Morgan fingerprint density at radius 1 is 1.28 bits per heavy atom. The van der Waals surface area contributed by atoms with Crippen LogP contribution in [-0.2, 0) is 6.42 Å². The van der Waals surface area contributed by atoms with E-state index in [4.69, 9.17) is 12.2 Å². The molecule has 0 unspecified atom stereocenters. The normalized spacial score (nSPS) is 12.6. The van der Waals surface area contributed by atoms with E-state index in [0.717, 1.165) is 24.4 Å². The summed E-state index contributed by atoms with van der Waals surface area (Å²) in [6.45, 7) is 6.53. The van der Waals surface area contributed by atoms with E-state index in [2.05, 4.69) is 55.2 Å². The second kappa shape index (κ2) is 5.48. The van der Waals surface area contributed by atoms with Crippen molar-refractivity contribution in [3.05, 3.63) is 40.4 Å². The highest BCUT2D eigenvalue weighted by Crippen LogP contribution is 2.20. The predicted octanol–water partition coefficient (Wildman–Crippen LogP) is 4.01. The van der Waals surface area contributed by atoms with Gasteiger partial charge in [-0.15, -0.1) is 0 Å². The van der Waals surface area contributed by atoms with Crippen molar-refractivity contribution in [2.24, 2.45) is 0 Å². The maximum absolute atomic E-state index is 5.27.